The minimum Gasteiger partial charge on any atom is -0.493 e. The predicted molar refractivity (Wildman–Crippen MR) is 94.2 cm³/mol. The average molecular weight is 325 g/mol. The Bertz CT molecular complexity index is 868. The van der Waals surface area contributed by atoms with Gasteiger partial charge in [-0.15, -0.1) is 0 Å². The molecule has 0 amide bonds. The van der Waals surface area contributed by atoms with Gasteiger partial charge in [0.05, 0.1) is 23.3 Å². The van der Waals surface area contributed by atoms with Gasteiger partial charge in [-0.3, -0.25) is 4.98 Å². The Morgan fingerprint density at radius 2 is 2.04 bits per heavy atom. The minimum atomic E-state index is -1.14. The van der Waals surface area contributed by atoms with Crippen molar-refractivity contribution in [2.24, 2.45) is 0 Å². The zero-order chi connectivity index (χ0) is 17.3. The van der Waals surface area contributed by atoms with Crippen molar-refractivity contribution >= 4 is 11.0 Å². The van der Waals surface area contributed by atoms with Gasteiger partial charge in [-0.25, -0.2) is 4.98 Å². The lowest BCUT2D eigenvalue weighted by atomic mass is 9.96. The summed E-state index contributed by atoms with van der Waals surface area (Å²) in [6, 6.07) is 7.85. The fraction of sp³-hybridized carbons (Fsp3) is 0.368. The molecule has 0 aliphatic heterocycles. The molecule has 5 heteroatoms. The summed E-state index contributed by atoms with van der Waals surface area (Å²) in [5.74, 6) is 1.35. The van der Waals surface area contributed by atoms with Gasteiger partial charge in [0.25, 0.3) is 0 Å². The molecule has 24 heavy (non-hydrogen) atoms. The highest BCUT2D eigenvalue weighted by Gasteiger charge is 2.29. The summed E-state index contributed by atoms with van der Waals surface area (Å²) in [5, 5.41) is 11.0. The second kappa shape index (κ2) is 6.24. The molecule has 2 heterocycles. The molecule has 0 aliphatic carbocycles. The first-order valence-corrected chi connectivity index (χ1v) is 8.17. The molecule has 0 fully saturated rings. The van der Waals surface area contributed by atoms with Gasteiger partial charge in [-0.05, 0) is 51.5 Å². The van der Waals surface area contributed by atoms with Gasteiger partial charge in [0, 0.05) is 18.2 Å². The molecule has 0 bridgehead atoms. The summed E-state index contributed by atoms with van der Waals surface area (Å²) >= 11 is 0. The van der Waals surface area contributed by atoms with Gasteiger partial charge < -0.3 is 14.8 Å². The Kier molecular flexibility index (Phi) is 4.28. The zero-order valence-corrected chi connectivity index (χ0v) is 14.6. The molecule has 2 N–H and O–H groups in total. The number of benzene rings is 1. The van der Waals surface area contributed by atoms with Crippen LogP contribution in [-0.4, -0.2) is 26.7 Å². The fourth-order valence-corrected chi connectivity index (χ4v) is 2.84. The maximum atomic E-state index is 11.0. The molecular weight excluding hydrogens is 302 g/mol. The van der Waals surface area contributed by atoms with Gasteiger partial charge >= 0.3 is 0 Å². The van der Waals surface area contributed by atoms with Crippen molar-refractivity contribution in [2.75, 3.05) is 6.61 Å². The summed E-state index contributed by atoms with van der Waals surface area (Å²) in [6.07, 6.45) is 2.07. The molecule has 0 aliphatic rings. The Balaban J connectivity index is 1.94. The Labute approximate surface area is 141 Å². The number of ether oxygens (including phenoxy) is 1. The molecule has 0 radical (unpaired) electrons. The van der Waals surface area contributed by atoms with Crippen LogP contribution in [0.5, 0.6) is 5.75 Å². The highest BCUT2D eigenvalue weighted by Crippen LogP contribution is 2.28. The van der Waals surface area contributed by atoms with E-state index in [1.54, 1.807) is 13.1 Å². The number of aromatic amines is 1. The molecule has 1 atom stereocenters. The standard InChI is InChI=1S/C19H23N3O2/c1-5-24-17-8-9-20-16(13(17)3)11-19(4,23)18-21-14-7-6-12(2)10-15(14)22-18/h6-10,23H,5,11H2,1-4H3,(H,21,22). The van der Waals surface area contributed by atoms with Crippen molar-refractivity contribution in [1.29, 1.82) is 0 Å². The lowest BCUT2D eigenvalue weighted by molar-refractivity contribution is 0.0480. The Morgan fingerprint density at radius 1 is 1.25 bits per heavy atom. The van der Waals surface area contributed by atoms with Crippen molar-refractivity contribution in [3.05, 3.63) is 53.1 Å². The van der Waals surface area contributed by atoms with Crippen LogP contribution in [0.3, 0.4) is 0 Å². The summed E-state index contributed by atoms with van der Waals surface area (Å²) < 4.78 is 5.61. The smallest absolute Gasteiger partial charge is 0.139 e. The molecule has 3 aromatic rings. The maximum absolute atomic E-state index is 11.0. The third-order valence-corrected chi connectivity index (χ3v) is 4.22. The number of aryl methyl sites for hydroxylation is 1. The molecule has 1 aromatic carbocycles. The van der Waals surface area contributed by atoms with Gasteiger partial charge in [0.2, 0.25) is 0 Å². The lowest BCUT2D eigenvalue weighted by Crippen LogP contribution is -2.27. The molecule has 3 rings (SSSR count). The van der Waals surface area contributed by atoms with E-state index in [4.69, 9.17) is 4.74 Å². The van der Waals surface area contributed by atoms with E-state index in [1.165, 1.54) is 0 Å². The van der Waals surface area contributed by atoms with Crippen LogP contribution in [0.15, 0.2) is 30.5 Å². The van der Waals surface area contributed by atoms with E-state index in [1.807, 2.05) is 45.0 Å². The van der Waals surface area contributed by atoms with E-state index in [0.29, 0.717) is 18.9 Å². The Morgan fingerprint density at radius 3 is 2.79 bits per heavy atom. The minimum absolute atomic E-state index is 0.360. The number of fused-ring (bicyclic) bond motifs is 1. The first-order valence-electron chi connectivity index (χ1n) is 8.17. The Hall–Kier alpha value is -2.40. The number of pyridine rings is 1. The first kappa shape index (κ1) is 16.5. The fourth-order valence-electron chi connectivity index (χ4n) is 2.84. The van der Waals surface area contributed by atoms with Crippen LogP contribution >= 0.6 is 0 Å². The summed E-state index contributed by atoms with van der Waals surface area (Å²) in [7, 11) is 0. The largest absolute Gasteiger partial charge is 0.493 e. The molecule has 5 nitrogen and oxygen atoms in total. The van der Waals surface area contributed by atoms with E-state index in [9.17, 15) is 5.11 Å². The number of imidazole rings is 1. The molecule has 126 valence electrons. The summed E-state index contributed by atoms with van der Waals surface area (Å²) in [5.41, 5.74) is 3.55. The number of H-pyrrole nitrogens is 1. The highest BCUT2D eigenvalue weighted by molar-refractivity contribution is 5.76. The van der Waals surface area contributed by atoms with E-state index in [-0.39, 0.29) is 0 Å². The van der Waals surface area contributed by atoms with Gasteiger partial charge in [0.1, 0.15) is 17.2 Å². The van der Waals surface area contributed by atoms with Crippen LogP contribution in [0.4, 0.5) is 0 Å². The normalized spacial score (nSPS) is 13.9. The van der Waals surface area contributed by atoms with Crippen LogP contribution in [0.2, 0.25) is 0 Å². The predicted octanol–water partition coefficient (Wildman–Crippen LogP) is 3.42. The van der Waals surface area contributed by atoms with Gasteiger partial charge in [0.15, 0.2) is 0 Å². The number of aliphatic hydroxyl groups is 1. The van der Waals surface area contributed by atoms with Crippen molar-refractivity contribution in [2.45, 2.75) is 39.7 Å². The van der Waals surface area contributed by atoms with E-state index < -0.39 is 5.60 Å². The van der Waals surface area contributed by atoms with Crippen molar-refractivity contribution in [1.82, 2.24) is 15.0 Å². The van der Waals surface area contributed by atoms with Gasteiger partial charge in [-0.2, -0.15) is 0 Å². The second-order valence-corrected chi connectivity index (χ2v) is 6.37. The van der Waals surface area contributed by atoms with E-state index in [2.05, 4.69) is 15.0 Å². The molecule has 0 saturated carbocycles. The van der Waals surface area contributed by atoms with Crippen LogP contribution in [0.1, 0.15) is 36.5 Å². The third kappa shape index (κ3) is 3.12. The zero-order valence-electron chi connectivity index (χ0n) is 14.6. The molecule has 0 saturated heterocycles. The maximum Gasteiger partial charge on any atom is 0.139 e. The summed E-state index contributed by atoms with van der Waals surface area (Å²) in [4.78, 5) is 12.2. The molecule has 2 aromatic heterocycles. The molecule has 1 unspecified atom stereocenters. The second-order valence-electron chi connectivity index (χ2n) is 6.37. The van der Waals surface area contributed by atoms with Crippen molar-refractivity contribution in [3.8, 4) is 5.75 Å². The van der Waals surface area contributed by atoms with E-state index in [0.717, 1.165) is 33.6 Å². The number of nitrogens with zero attached hydrogens (tertiary/aromatic N) is 2. The van der Waals surface area contributed by atoms with E-state index >= 15 is 0 Å². The number of hydrogen-bond donors (Lipinski definition) is 2. The lowest BCUT2D eigenvalue weighted by Gasteiger charge is -2.22. The molecule has 0 spiro atoms. The third-order valence-electron chi connectivity index (χ3n) is 4.22. The number of aromatic nitrogens is 3. The monoisotopic (exact) mass is 325 g/mol. The molecular formula is C19H23N3O2. The van der Waals surface area contributed by atoms with Gasteiger partial charge in [-0.1, -0.05) is 6.07 Å². The number of hydrogen-bond acceptors (Lipinski definition) is 4. The van der Waals surface area contributed by atoms with Crippen LogP contribution in [0, 0.1) is 13.8 Å². The topological polar surface area (TPSA) is 71.0 Å². The van der Waals surface area contributed by atoms with Crippen LogP contribution < -0.4 is 4.74 Å². The SMILES string of the molecule is CCOc1ccnc(CC(C)(O)c2nc3ccc(C)cc3[nH]2)c1C. The van der Waals surface area contributed by atoms with Crippen LogP contribution in [-0.2, 0) is 12.0 Å². The number of nitrogens with one attached hydrogen (secondary N) is 1. The first-order chi connectivity index (χ1) is 11.4. The van der Waals surface area contributed by atoms with Crippen molar-refractivity contribution < 1.29 is 9.84 Å². The highest BCUT2D eigenvalue weighted by atomic mass is 16.5. The number of rotatable bonds is 5. The van der Waals surface area contributed by atoms with Crippen molar-refractivity contribution in [3.63, 3.8) is 0 Å². The van der Waals surface area contributed by atoms with Crippen LogP contribution in [0.25, 0.3) is 11.0 Å². The average Bonchev–Trinajstić information content (AvgIpc) is 2.95. The quantitative estimate of drug-likeness (QED) is 0.754. The summed E-state index contributed by atoms with van der Waals surface area (Å²) in [6.45, 7) is 8.30.